The largest absolute Gasteiger partial charge is 0.316 e. The standard InChI is InChI=1S/C13H29N/c1-6-10-14-11-13(5,7-2)9-8-12(3)4/h12,14H,6-11H2,1-5H3. The molecule has 0 saturated heterocycles. The average molecular weight is 199 g/mol. The Kier molecular flexibility index (Phi) is 7.26. The van der Waals surface area contributed by atoms with E-state index in [1.54, 1.807) is 0 Å². The zero-order chi connectivity index (χ0) is 11.0. The highest BCUT2D eigenvalue weighted by Gasteiger charge is 2.21. The Balaban J connectivity index is 3.79. The van der Waals surface area contributed by atoms with Gasteiger partial charge in [0.1, 0.15) is 0 Å². The van der Waals surface area contributed by atoms with Crippen LogP contribution < -0.4 is 5.32 Å². The third-order valence-corrected chi connectivity index (χ3v) is 3.16. The van der Waals surface area contributed by atoms with Crippen molar-refractivity contribution >= 4 is 0 Å². The molecule has 14 heavy (non-hydrogen) atoms. The number of nitrogens with one attached hydrogen (secondary N) is 1. The fourth-order valence-corrected chi connectivity index (χ4v) is 1.59. The van der Waals surface area contributed by atoms with Crippen LogP contribution in [-0.4, -0.2) is 13.1 Å². The van der Waals surface area contributed by atoms with Crippen LogP contribution in [0, 0.1) is 11.3 Å². The molecule has 0 aromatic carbocycles. The van der Waals surface area contributed by atoms with Crippen LogP contribution in [0.2, 0.25) is 0 Å². The van der Waals surface area contributed by atoms with Crippen molar-refractivity contribution in [2.45, 2.75) is 60.3 Å². The maximum absolute atomic E-state index is 3.55. The maximum atomic E-state index is 3.55. The van der Waals surface area contributed by atoms with Crippen LogP contribution >= 0.6 is 0 Å². The summed E-state index contributed by atoms with van der Waals surface area (Å²) < 4.78 is 0. The third kappa shape index (κ3) is 6.42. The van der Waals surface area contributed by atoms with Crippen LogP contribution in [0.3, 0.4) is 0 Å². The topological polar surface area (TPSA) is 12.0 Å². The number of rotatable bonds is 8. The molecular weight excluding hydrogens is 170 g/mol. The summed E-state index contributed by atoms with van der Waals surface area (Å²) in [5.41, 5.74) is 0.513. The highest BCUT2D eigenvalue weighted by molar-refractivity contribution is 4.75. The van der Waals surface area contributed by atoms with E-state index >= 15 is 0 Å². The van der Waals surface area contributed by atoms with Crippen LogP contribution in [0.1, 0.15) is 60.3 Å². The first-order valence-electron chi connectivity index (χ1n) is 6.24. The van der Waals surface area contributed by atoms with Crippen LogP contribution in [0.5, 0.6) is 0 Å². The van der Waals surface area contributed by atoms with Gasteiger partial charge in [0.2, 0.25) is 0 Å². The molecule has 0 radical (unpaired) electrons. The highest BCUT2D eigenvalue weighted by Crippen LogP contribution is 2.28. The van der Waals surface area contributed by atoms with Crippen LogP contribution in [0.25, 0.3) is 0 Å². The minimum atomic E-state index is 0.513. The second-order valence-electron chi connectivity index (χ2n) is 5.27. The molecule has 0 heterocycles. The van der Waals surface area contributed by atoms with Crippen molar-refractivity contribution in [1.29, 1.82) is 0 Å². The van der Waals surface area contributed by atoms with E-state index < -0.39 is 0 Å². The summed E-state index contributed by atoms with van der Waals surface area (Å²) in [6.07, 6.45) is 5.25. The molecular formula is C13H29N. The number of hydrogen-bond donors (Lipinski definition) is 1. The predicted molar refractivity (Wildman–Crippen MR) is 65.6 cm³/mol. The molecule has 0 aromatic rings. The Morgan fingerprint density at radius 3 is 2.29 bits per heavy atom. The summed E-state index contributed by atoms with van der Waals surface area (Å²) in [5.74, 6) is 0.840. The van der Waals surface area contributed by atoms with E-state index in [1.165, 1.54) is 32.2 Å². The van der Waals surface area contributed by atoms with Gasteiger partial charge in [0, 0.05) is 6.54 Å². The van der Waals surface area contributed by atoms with Crippen LogP contribution in [0.4, 0.5) is 0 Å². The Morgan fingerprint density at radius 2 is 1.86 bits per heavy atom. The molecule has 1 nitrogen and oxygen atoms in total. The van der Waals surface area contributed by atoms with Crippen molar-refractivity contribution in [3.05, 3.63) is 0 Å². The summed E-state index contributed by atoms with van der Waals surface area (Å²) >= 11 is 0. The van der Waals surface area contributed by atoms with Gasteiger partial charge in [-0.25, -0.2) is 0 Å². The molecule has 0 aliphatic rings. The number of hydrogen-bond acceptors (Lipinski definition) is 1. The lowest BCUT2D eigenvalue weighted by Crippen LogP contribution is -2.32. The normalized spacial score (nSPS) is 15.9. The van der Waals surface area contributed by atoms with Crippen molar-refractivity contribution < 1.29 is 0 Å². The Bertz CT molecular complexity index is 131. The second kappa shape index (κ2) is 7.28. The first-order valence-corrected chi connectivity index (χ1v) is 6.24. The fraction of sp³-hybridized carbons (Fsp3) is 1.00. The first kappa shape index (κ1) is 14.0. The molecule has 86 valence electrons. The van der Waals surface area contributed by atoms with Crippen LogP contribution in [-0.2, 0) is 0 Å². The van der Waals surface area contributed by atoms with Crippen molar-refractivity contribution in [3.63, 3.8) is 0 Å². The van der Waals surface area contributed by atoms with Gasteiger partial charge in [-0.15, -0.1) is 0 Å². The Labute approximate surface area is 90.7 Å². The molecule has 1 N–H and O–H groups in total. The molecule has 0 aliphatic heterocycles. The summed E-state index contributed by atoms with van der Waals surface area (Å²) in [7, 11) is 0. The molecule has 0 rings (SSSR count). The monoisotopic (exact) mass is 199 g/mol. The third-order valence-electron chi connectivity index (χ3n) is 3.16. The van der Waals surface area contributed by atoms with Gasteiger partial charge < -0.3 is 5.32 Å². The summed E-state index contributed by atoms with van der Waals surface area (Å²) in [5, 5.41) is 3.55. The van der Waals surface area contributed by atoms with Gasteiger partial charge in [0.15, 0.2) is 0 Å². The quantitative estimate of drug-likeness (QED) is 0.586. The SMILES string of the molecule is CCCNCC(C)(CC)CCC(C)C. The zero-order valence-electron chi connectivity index (χ0n) is 10.8. The van der Waals surface area contributed by atoms with Crippen molar-refractivity contribution in [1.82, 2.24) is 5.32 Å². The van der Waals surface area contributed by atoms with Crippen molar-refractivity contribution in [2.75, 3.05) is 13.1 Å². The second-order valence-corrected chi connectivity index (χ2v) is 5.27. The molecule has 0 aliphatic carbocycles. The zero-order valence-corrected chi connectivity index (χ0v) is 10.8. The molecule has 0 fully saturated rings. The smallest absolute Gasteiger partial charge is 0.000506 e. The Morgan fingerprint density at radius 1 is 1.21 bits per heavy atom. The fourth-order valence-electron chi connectivity index (χ4n) is 1.59. The van der Waals surface area contributed by atoms with Gasteiger partial charge >= 0.3 is 0 Å². The van der Waals surface area contributed by atoms with E-state index in [0.29, 0.717) is 5.41 Å². The molecule has 0 spiro atoms. The lowest BCUT2D eigenvalue weighted by Gasteiger charge is -2.29. The molecule has 1 heteroatoms. The molecule has 0 amide bonds. The lowest BCUT2D eigenvalue weighted by atomic mass is 9.81. The minimum Gasteiger partial charge on any atom is -0.316 e. The van der Waals surface area contributed by atoms with E-state index in [1.807, 2.05) is 0 Å². The van der Waals surface area contributed by atoms with Gasteiger partial charge in [0.05, 0.1) is 0 Å². The van der Waals surface area contributed by atoms with E-state index in [0.717, 1.165) is 12.5 Å². The molecule has 1 unspecified atom stereocenters. The highest BCUT2D eigenvalue weighted by atomic mass is 14.9. The summed E-state index contributed by atoms with van der Waals surface area (Å²) in [4.78, 5) is 0. The first-order chi connectivity index (χ1) is 6.54. The lowest BCUT2D eigenvalue weighted by molar-refractivity contribution is 0.250. The van der Waals surface area contributed by atoms with Crippen LogP contribution in [0.15, 0.2) is 0 Å². The van der Waals surface area contributed by atoms with Gasteiger partial charge in [-0.2, -0.15) is 0 Å². The van der Waals surface area contributed by atoms with Gasteiger partial charge in [-0.1, -0.05) is 41.0 Å². The predicted octanol–water partition coefficient (Wildman–Crippen LogP) is 3.84. The Hall–Kier alpha value is -0.0400. The van der Waals surface area contributed by atoms with E-state index in [4.69, 9.17) is 0 Å². The summed E-state index contributed by atoms with van der Waals surface area (Å²) in [6.45, 7) is 13.9. The van der Waals surface area contributed by atoms with E-state index in [-0.39, 0.29) is 0 Å². The van der Waals surface area contributed by atoms with E-state index in [9.17, 15) is 0 Å². The van der Waals surface area contributed by atoms with Crippen molar-refractivity contribution in [2.24, 2.45) is 11.3 Å². The molecule has 1 atom stereocenters. The maximum Gasteiger partial charge on any atom is 0.000506 e. The van der Waals surface area contributed by atoms with Gasteiger partial charge in [0.25, 0.3) is 0 Å². The average Bonchev–Trinajstić information content (AvgIpc) is 2.15. The van der Waals surface area contributed by atoms with E-state index in [2.05, 4.69) is 39.9 Å². The molecule has 0 aromatic heterocycles. The molecule has 0 bridgehead atoms. The summed E-state index contributed by atoms with van der Waals surface area (Å²) in [6, 6.07) is 0. The van der Waals surface area contributed by atoms with Crippen molar-refractivity contribution in [3.8, 4) is 0 Å². The minimum absolute atomic E-state index is 0.513. The molecule has 0 saturated carbocycles. The van der Waals surface area contributed by atoms with Gasteiger partial charge in [-0.05, 0) is 37.1 Å². The van der Waals surface area contributed by atoms with Gasteiger partial charge in [-0.3, -0.25) is 0 Å².